The summed E-state index contributed by atoms with van der Waals surface area (Å²) in [6, 6.07) is 7.66. The van der Waals surface area contributed by atoms with Crippen molar-refractivity contribution in [2.24, 2.45) is 11.8 Å². The van der Waals surface area contributed by atoms with Crippen LogP contribution in [0.4, 0.5) is 4.79 Å². The van der Waals surface area contributed by atoms with Crippen molar-refractivity contribution in [2.45, 2.75) is 88.3 Å². The molecule has 2 fully saturated rings. The molecule has 1 saturated carbocycles. The van der Waals surface area contributed by atoms with Crippen molar-refractivity contribution in [2.75, 3.05) is 6.54 Å². The van der Waals surface area contributed by atoms with E-state index in [0.717, 1.165) is 12.8 Å². The van der Waals surface area contributed by atoms with Crippen molar-refractivity contribution in [1.29, 1.82) is 0 Å². The third-order valence-corrected chi connectivity index (χ3v) is 8.15. The maximum atomic E-state index is 13.1. The molecule has 1 aromatic carbocycles. The fourth-order valence-electron chi connectivity index (χ4n) is 5.18. The van der Waals surface area contributed by atoms with Gasteiger partial charge in [-0.05, 0) is 62.3 Å². The predicted octanol–water partition coefficient (Wildman–Crippen LogP) is 2.07. The van der Waals surface area contributed by atoms with Gasteiger partial charge in [-0.2, -0.15) is 8.42 Å². The lowest BCUT2D eigenvalue weighted by atomic mass is 9.83. The van der Waals surface area contributed by atoms with Gasteiger partial charge in [0.15, 0.2) is 0 Å². The molecule has 0 aromatic heterocycles. The molecule has 4 atom stereocenters. The van der Waals surface area contributed by atoms with Crippen LogP contribution in [0.5, 0.6) is 0 Å². The van der Waals surface area contributed by atoms with Crippen LogP contribution in [0.1, 0.15) is 70.3 Å². The summed E-state index contributed by atoms with van der Waals surface area (Å²) in [6.45, 7) is 4.10. The van der Waals surface area contributed by atoms with Gasteiger partial charge in [0.1, 0.15) is 12.1 Å². The monoisotopic (exact) mass is 553 g/mol. The second-order valence-corrected chi connectivity index (χ2v) is 12.2. The summed E-state index contributed by atoms with van der Waals surface area (Å²) in [5.41, 5.74) is -1.06. The number of alkyl carbamates (subject to hydrolysis) is 1. The highest BCUT2D eigenvalue weighted by Crippen LogP contribution is 2.34. The van der Waals surface area contributed by atoms with Crippen LogP contribution in [-0.4, -0.2) is 66.2 Å². The van der Waals surface area contributed by atoms with Crippen molar-refractivity contribution in [1.82, 2.24) is 16.0 Å². The lowest BCUT2D eigenvalue weighted by Gasteiger charge is -2.30. The van der Waals surface area contributed by atoms with Gasteiger partial charge < -0.3 is 25.8 Å². The maximum absolute atomic E-state index is 13.1. The molecule has 2 aliphatic rings. The van der Waals surface area contributed by atoms with E-state index in [4.69, 9.17) is 4.74 Å². The van der Waals surface area contributed by atoms with E-state index in [9.17, 15) is 32.5 Å². The average molecular weight is 554 g/mol. The minimum Gasteiger partial charge on any atom is -0.446 e. The summed E-state index contributed by atoms with van der Waals surface area (Å²) >= 11 is 0. The number of carbonyl (C=O) groups excluding carboxylic acids is 3. The largest absolute Gasteiger partial charge is 0.446 e. The van der Waals surface area contributed by atoms with E-state index in [1.165, 1.54) is 5.56 Å². The second kappa shape index (κ2) is 13.4. The Morgan fingerprint density at radius 1 is 1.08 bits per heavy atom. The Labute approximate surface area is 223 Å². The zero-order chi connectivity index (χ0) is 27.9. The highest BCUT2D eigenvalue weighted by Gasteiger charge is 2.38. The average Bonchev–Trinajstić information content (AvgIpc) is 3.27. The Bertz CT molecular complexity index is 1060. The molecule has 1 aliphatic heterocycles. The number of nitrogens with one attached hydrogen (secondary N) is 3. The number of aliphatic hydroxyl groups is 1. The van der Waals surface area contributed by atoms with E-state index in [1.807, 2.05) is 32.0 Å². The fraction of sp³-hybridized carbons (Fsp3) is 0.654. The number of aliphatic hydroxyl groups excluding tert-OH is 1. The van der Waals surface area contributed by atoms with Crippen LogP contribution < -0.4 is 16.0 Å². The van der Waals surface area contributed by atoms with E-state index in [2.05, 4.69) is 28.1 Å². The molecular formula is C26H39N3O8S. The molecule has 212 valence electrons. The minimum absolute atomic E-state index is 0.0158. The predicted molar refractivity (Wildman–Crippen MR) is 140 cm³/mol. The van der Waals surface area contributed by atoms with Crippen LogP contribution in [-0.2, 0) is 24.4 Å². The van der Waals surface area contributed by atoms with Gasteiger partial charge in [-0.15, -0.1) is 0 Å². The number of carbonyl (C=O) groups is 3. The molecule has 0 radical (unpaired) electrons. The summed E-state index contributed by atoms with van der Waals surface area (Å²) in [7, 11) is -4.93. The van der Waals surface area contributed by atoms with Crippen molar-refractivity contribution < 1.29 is 37.2 Å². The van der Waals surface area contributed by atoms with Crippen LogP contribution >= 0.6 is 0 Å². The Balaban J connectivity index is 1.60. The number of hydrogen-bond acceptors (Lipinski definition) is 7. The van der Waals surface area contributed by atoms with E-state index in [0.29, 0.717) is 31.7 Å². The molecule has 1 saturated heterocycles. The zero-order valence-electron chi connectivity index (χ0n) is 21.8. The summed E-state index contributed by atoms with van der Waals surface area (Å²) in [6.07, 6.45) is 2.53. The molecule has 1 aromatic rings. The Hall–Kier alpha value is -2.70. The first-order valence-corrected chi connectivity index (χ1v) is 14.7. The molecule has 3 amide bonds. The minimum atomic E-state index is -4.93. The van der Waals surface area contributed by atoms with Crippen LogP contribution in [0, 0.1) is 11.8 Å². The zero-order valence-corrected chi connectivity index (χ0v) is 22.7. The van der Waals surface area contributed by atoms with Gasteiger partial charge in [0.25, 0.3) is 10.1 Å². The Morgan fingerprint density at radius 3 is 2.29 bits per heavy atom. The highest BCUT2D eigenvalue weighted by atomic mass is 32.2. The molecule has 38 heavy (non-hydrogen) atoms. The number of amides is 3. The van der Waals surface area contributed by atoms with Gasteiger partial charge in [0.05, 0.1) is 6.04 Å². The molecule has 3 rings (SSSR count). The molecule has 12 heteroatoms. The van der Waals surface area contributed by atoms with Gasteiger partial charge in [-0.3, -0.25) is 14.1 Å². The van der Waals surface area contributed by atoms with Gasteiger partial charge in [0, 0.05) is 12.5 Å². The number of rotatable bonds is 11. The van der Waals surface area contributed by atoms with E-state index in [-0.39, 0.29) is 30.8 Å². The van der Waals surface area contributed by atoms with Crippen molar-refractivity contribution in [3.05, 3.63) is 35.9 Å². The first kappa shape index (κ1) is 29.9. The van der Waals surface area contributed by atoms with Crippen LogP contribution in [0.2, 0.25) is 0 Å². The topological polar surface area (TPSA) is 171 Å². The molecular weight excluding hydrogens is 514 g/mol. The summed E-state index contributed by atoms with van der Waals surface area (Å²) in [5.74, 6) is -1.31. The quantitative estimate of drug-likeness (QED) is 0.259. The highest BCUT2D eigenvalue weighted by molar-refractivity contribution is 7.86. The summed E-state index contributed by atoms with van der Waals surface area (Å²) < 4.78 is 38.3. The first-order valence-electron chi connectivity index (χ1n) is 13.2. The molecule has 11 nitrogen and oxygen atoms in total. The normalized spacial score (nSPS) is 24.2. The van der Waals surface area contributed by atoms with E-state index in [1.54, 1.807) is 0 Å². The molecule has 0 unspecified atom stereocenters. The second-order valence-electron chi connectivity index (χ2n) is 10.6. The summed E-state index contributed by atoms with van der Waals surface area (Å²) in [5, 5.41) is 17.8. The Kier molecular flexibility index (Phi) is 10.5. The summed E-state index contributed by atoms with van der Waals surface area (Å²) in [4.78, 5) is 37.8. The van der Waals surface area contributed by atoms with E-state index >= 15 is 0 Å². The van der Waals surface area contributed by atoms with Crippen LogP contribution in [0.3, 0.4) is 0 Å². The lowest BCUT2D eigenvalue weighted by Crippen LogP contribution is -2.55. The first-order chi connectivity index (χ1) is 17.9. The standard InChI is InChI=1S/C26H39N3O8S/c1-16(2)14-21(24(31)28-22(25(32)38(34,35)36)15-19-12-13-27-23(19)30)29-26(33)37-20-10-8-18(9-11-20)17-6-4-3-5-7-17/h3-7,16,18-22,25,32H,8-15H2,1-2H3,(H,27,30)(H,28,31)(H,29,33)(H,34,35,36)/t18?,19-,20?,21-,22-,25+/m0/s1. The maximum Gasteiger partial charge on any atom is 0.408 e. The van der Waals surface area contributed by atoms with Gasteiger partial charge in [0.2, 0.25) is 17.3 Å². The smallest absolute Gasteiger partial charge is 0.408 e. The molecule has 1 aliphatic carbocycles. The Morgan fingerprint density at radius 2 is 1.74 bits per heavy atom. The lowest BCUT2D eigenvalue weighted by molar-refractivity contribution is -0.126. The molecule has 1 heterocycles. The number of ether oxygens (including phenoxy) is 1. The molecule has 0 bridgehead atoms. The molecule has 0 spiro atoms. The van der Waals surface area contributed by atoms with Gasteiger partial charge >= 0.3 is 6.09 Å². The molecule has 5 N–H and O–H groups in total. The third-order valence-electron chi connectivity index (χ3n) is 7.21. The van der Waals surface area contributed by atoms with Crippen LogP contribution in [0.15, 0.2) is 30.3 Å². The SMILES string of the molecule is CC(C)C[C@H](NC(=O)OC1CCC(c2ccccc2)CC1)C(=O)N[C@@H](C[C@@H]1CCNC1=O)[C@H](O)S(=O)(=O)O. The van der Waals surface area contributed by atoms with Crippen LogP contribution in [0.25, 0.3) is 0 Å². The number of benzene rings is 1. The van der Waals surface area contributed by atoms with Gasteiger partial charge in [-0.25, -0.2) is 4.79 Å². The fourth-order valence-corrected chi connectivity index (χ4v) is 5.78. The third kappa shape index (κ3) is 8.67. The number of hydrogen-bond donors (Lipinski definition) is 5. The van der Waals surface area contributed by atoms with Crippen molar-refractivity contribution in [3.8, 4) is 0 Å². The van der Waals surface area contributed by atoms with Gasteiger partial charge in [-0.1, -0.05) is 44.2 Å². The van der Waals surface area contributed by atoms with Crippen molar-refractivity contribution in [3.63, 3.8) is 0 Å². The van der Waals surface area contributed by atoms with Crippen molar-refractivity contribution >= 4 is 28.0 Å². The van der Waals surface area contributed by atoms with E-state index < -0.39 is 45.6 Å².